The highest BCUT2D eigenvalue weighted by Crippen LogP contribution is 2.23. The molecule has 1 aromatic heterocycles. The molecule has 2 aromatic rings. The first-order valence-corrected chi connectivity index (χ1v) is 8.63. The first-order chi connectivity index (χ1) is 11.6. The van der Waals surface area contributed by atoms with Gasteiger partial charge in [-0.25, -0.2) is 4.98 Å². The van der Waals surface area contributed by atoms with Crippen molar-refractivity contribution in [2.45, 2.75) is 33.0 Å². The SMILES string of the molecule is COc1ccc(C)cc1CN1CCN(Cc2nccn2C)[C@@H](C)C1. The lowest BCUT2D eigenvalue weighted by Crippen LogP contribution is -2.51. The van der Waals surface area contributed by atoms with E-state index in [0.717, 1.165) is 44.3 Å². The number of ether oxygens (including phenoxy) is 1. The molecule has 3 rings (SSSR count). The molecule has 1 aromatic carbocycles. The Hall–Kier alpha value is -1.85. The number of aromatic nitrogens is 2. The van der Waals surface area contributed by atoms with E-state index < -0.39 is 0 Å². The standard InChI is InChI=1S/C19H28N4O/c1-15-5-6-18(24-4)17(11-15)13-22-9-10-23(16(2)12-22)14-19-20-7-8-21(19)3/h5-8,11,16H,9-10,12-14H2,1-4H3/t16-/m0/s1. The van der Waals surface area contributed by atoms with E-state index in [-0.39, 0.29) is 0 Å². The number of imidazole rings is 1. The van der Waals surface area contributed by atoms with Crippen LogP contribution in [0.4, 0.5) is 0 Å². The lowest BCUT2D eigenvalue weighted by Gasteiger charge is -2.39. The molecule has 0 amide bonds. The maximum atomic E-state index is 5.53. The number of hydrogen-bond donors (Lipinski definition) is 0. The molecule has 0 N–H and O–H groups in total. The van der Waals surface area contributed by atoms with E-state index in [1.165, 1.54) is 11.1 Å². The van der Waals surface area contributed by atoms with Crippen LogP contribution in [0.2, 0.25) is 0 Å². The van der Waals surface area contributed by atoms with Crippen LogP contribution >= 0.6 is 0 Å². The summed E-state index contributed by atoms with van der Waals surface area (Å²) in [5.41, 5.74) is 2.56. The molecule has 1 saturated heterocycles. The molecule has 0 radical (unpaired) electrons. The highest BCUT2D eigenvalue weighted by Gasteiger charge is 2.25. The van der Waals surface area contributed by atoms with Gasteiger partial charge in [-0.05, 0) is 19.9 Å². The number of rotatable bonds is 5. The molecule has 1 aliphatic rings. The van der Waals surface area contributed by atoms with Crippen molar-refractivity contribution in [1.82, 2.24) is 19.4 Å². The van der Waals surface area contributed by atoms with E-state index in [1.807, 2.05) is 12.4 Å². The Bertz CT molecular complexity index is 682. The highest BCUT2D eigenvalue weighted by molar-refractivity contribution is 5.36. The van der Waals surface area contributed by atoms with E-state index in [4.69, 9.17) is 4.74 Å². The van der Waals surface area contributed by atoms with Gasteiger partial charge in [0.25, 0.3) is 0 Å². The third kappa shape index (κ3) is 3.79. The van der Waals surface area contributed by atoms with Crippen molar-refractivity contribution < 1.29 is 4.74 Å². The molecule has 5 heteroatoms. The van der Waals surface area contributed by atoms with Gasteiger partial charge in [0.1, 0.15) is 11.6 Å². The summed E-state index contributed by atoms with van der Waals surface area (Å²) >= 11 is 0. The molecule has 1 fully saturated rings. The third-order valence-corrected chi connectivity index (χ3v) is 4.94. The van der Waals surface area contributed by atoms with Crippen LogP contribution in [-0.4, -0.2) is 52.1 Å². The second kappa shape index (κ2) is 7.36. The summed E-state index contributed by atoms with van der Waals surface area (Å²) < 4.78 is 7.63. The van der Waals surface area contributed by atoms with Crippen molar-refractivity contribution in [1.29, 1.82) is 0 Å². The molecule has 0 aliphatic carbocycles. The van der Waals surface area contributed by atoms with Crippen molar-refractivity contribution in [2.75, 3.05) is 26.7 Å². The molecule has 2 heterocycles. The van der Waals surface area contributed by atoms with Crippen molar-refractivity contribution in [2.24, 2.45) is 7.05 Å². The topological polar surface area (TPSA) is 33.5 Å². The number of nitrogens with zero attached hydrogens (tertiary/aromatic N) is 4. The zero-order valence-electron chi connectivity index (χ0n) is 15.2. The Labute approximate surface area is 144 Å². The fourth-order valence-electron chi connectivity index (χ4n) is 3.45. The van der Waals surface area contributed by atoms with E-state index in [1.54, 1.807) is 7.11 Å². The summed E-state index contributed by atoms with van der Waals surface area (Å²) in [5.74, 6) is 2.12. The van der Waals surface area contributed by atoms with Crippen LogP contribution in [0.25, 0.3) is 0 Å². The first kappa shape index (κ1) is 17.0. The average molecular weight is 328 g/mol. The maximum Gasteiger partial charge on any atom is 0.123 e. The maximum absolute atomic E-state index is 5.53. The minimum absolute atomic E-state index is 0.520. The number of piperazine rings is 1. The van der Waals surface area contributed by atoms with E-state index >= 15 is 0 Å². The molecule has 1 aliphatic heterocycles. The summed E-state index contributed by atoms with van der Waals surface area (Å²) in [7, 11) is 3.81. The fourth-order valence-corrected chi connectivity index (χ4v) is 3.45. The number of hydrogen-bond acceptors (Lipinski definition) is 4. The van der Waals surface area contributed by atoms with Gasteiger partial charge in [0, 0.05) is 57.2 Å². The van der Waals surface area contributed by atoms with Gasteiger partial charge in [-0.3, -0.25) is 9.80 Å². The van der Waals surface area contributed by atoms with Gasteiger partial charge in [-0.15, -0.1) is 0 Å². The number of aryl methyl sites for hydroxylation is 2. The molecular weight excluding hydrogens is 300 g/mol. The molecule has 130 valence electrons. The Kier molecular flexibility index (Phi) is 5.21. The normalized spacial score (nSPS) is 19.6. The van der Waals surface area contributed by atoms with Gasteiger partial charge in [-0.2, -0.15) is 0 Å². The Morgan fingerprint density at radius 3 is 2.75 bits per heavy atom. The summed E-state index contributed by atoms with van der Waals surface area (Å²) in [6, 6.07) is 6.94. The van der Waals surface area contributed by atoms with Crippen LogP contribution in [0.5, 0.6) is 5.75 Å². The summed E-state index contributed by atoms with van der Waals surface area (Å²) in [4.78, 5) is 9.50. The van der Waals surface area contributed by atoms with Crippen LogP contribution in [0.15, 0.2) is 30.6 Å². The monoisotopic (exact) mass is 328 g/mol. The molecule has 0 unspecified atom stereocenters. The molecule has 24 heavy (non-hydrogen) atoms. The second-order valence-corrected chi connectivity index (χ2v) is 6.82. The van der Waals surface area contributed by atoms with Crippen LogP contribution in [0.3, 0.4) is 0 Å². The number of methoxy groups -OCH3 is 1. The van der Waals surface area contributed by atoms with Gasteiger partial charge >= 0.3 is 0 Å². The minimum atomic E-state index is 0.520. The highest BCUT2D eigenvalue weighted by atomic mass is 16.5. The largest absolute Gasteiger partial charge is 0.496 e. The smallest absolute Gasteiger partial charge is 0.123 e. The zero-order chi connectivity index (χ0) is 17.1. The Morgan fingerprint density at radius 1 is 1.25 bits per heavy atom. The van der Waals surface area contributed by atoms with Crippen LogP contribution in [-0.2, 0) is 20.1 Å². The predicted octanol–water partition coefficient (Wildman–Crippen LogP) is 2.44. The van der Waals surface area contributed by atoms with Crippen molar-refractivity contribution in [3.05, 3.63) is 47.5 Å². The van der Waals surface area contributed by atoms with Gasteiger partial charge in [0.05, 0.1) is 13.7 Å². The lowest BCUT2D eigenvalue weighted by atomic mass is 10.1. The Balaban J connectivity index is 1.61. The van der Waals surface area contributed by atoms with Gasteiger partial charge in [0.15, 0.2) is 0 Å². The van der Waals surface area contributed by atoms with Crippen LogP contribution in [0.1, 0.15) is 23.9 Å². The quantitative estimate of drug-likeness (QED) is 0.844. The fraction of sp³-hybridized carbons (Fsp3) is 0.526. The zero-order valence-corrected chi connectivity index (χ0v) is 15.2. The van der Waals surface area contributed by atoms with Gasteiger partial charge < -0.3 is 9.30 Å². The van der Waals surface area contributed by atoms with Crippen molar-refractivity contribution in [3.63, 3.8) is 0 Å². The Morgan fingerprint density at radius 2 is 2.08 bits per heavy atom. The molecule has 1 atom stereocenters. The summed E-state index contributed by atoms with van der Waals surface area (Å²) in [6.07, 6.45) is 3.89. The van der Waals surface area contributed by atoms with Gasteiger partial charge in [0.2, 0.25) is 0 Å². The van der Waals surface area contributed by atoms with Crippen molar-refractivity contribution in [3.8, 4) is 5.75 Å². The molecule has 0 spiro atoms. The second-order valence-electron chi connectivity index (χ2n) is 6.82. The summed E-state index contributed by atoms with van der Waals surface area (Å²) in [6.45, 7) is 9.53. The molecular formula is C19H28N4O. The van der Waals surface area contributed by atoms with E-state index in [9.17, 15) is 0 Å². The third-order valence-electron chi connectivity index (χ3n) is 4.94. The lowest BCUT2D eigenvalue weighted by molar-refractivity contribution is 0.0703. The molecule has 5 nitrogen and oxygen atoms in total. The van der Waals surface area contributed by atoms with E-state index in [0.29, 0.717) is 6.04 Å². The first-order valence-electron chi connectivity index (χ1n) is 8.63. The molecule has 0 saturated carbocycles. The molecule has 0 bridgehead atoms. The predicted molar refractivity (Wildman–Crippen MR) is 96.1 cm³/mol. The van der Waals surface area contributed by atoms with Gasteiger partial charge in [-0.1, -0.05) is 17.7 Å². The number of benzene rings is 1. The van der Waals surface area contributed by atoms with E-state index in [2.05, 4.69) is 58.4 Å². The minimum Gasteiger partial charge on any atom is -0.496 e. The van der Waals surface area contributed by atoms with Crippen molar-refractivity contribution >= 4 is 0 Å². The summed E-state index contributed by atoms with van der Waals surface area (Å²) in [5, 5.41) is 0. The van der Waals surface area contributed by atoms with Crippen LogP contribution in [0, 0.1) is 6.92 Å². The average Bonchev–Trinajstić information content (AvgIpc) is 2.95. The van der Waals surface area contributed by atoms with Crippen LogP contribution < -0.4 is 4.74 Å².